The number of nitrogen functional groups attached to an aromatic ring is 1. The highest BCUT2D eigenvalue weighted by Gasteiger charge is 2.15. The number of hydrogen-bond acceptors (Lipinski definition) is 7. The molecule has 0 spiro atoms. The van der Waals surface area contributed by atoms with E-state index < -0.39 is 0 Å². The fourth-order valence-corrected chi connectivity index (χ4v) is 2.15. The third-order valence-electron chi connectivity index (χ3n) is 2.36. The Morgan fingerprint density at radius 1 is 1.40 bits per heavy atom. The molecule has 0 aliphatic heterocycles. The number of aromatic nitrogens is 1. The second-order valence-electron chi connectivity index (χ2n) is 3.83. The van der Waals surface area contributed by atoms with Crippen molar-refractivity contribution in [2.24, 2.45) is 0 Å². The van der Waals surface area contributed by atoms with Crippen molar-refractivity contribution in [3.05, 3.63) is 4.88 Å². The first-order chi connectivity index (χ1) is 9.58. The molecule has 0 radical (unpaired) electrons. The Labute approximate surface area is 121 Å². The second kappa shape index (κ2) is 8.33. The van der Waals surface area contributed by atoms with E-state index in [1.807, 2.05) is 0 Å². The molecule has 0 bridgehead atoms. The van der Waals surface area contributed by atoms with Gasteiger partial charge in [-0.2, -0.15) is 0 Å². The second-order valence-corrected chi connectivity index (χ2v) is 4.83. The zero-order valence-corrected chi connectivity index (χ0v) is 12.3. The number of nitrogens with two attached hydrogens (primary N) is 1. The summed E-state index contributed by atoms with van der Waals surface area (Å²) in [4.78, 5) is 27.3. The normalized spacial score (nSPS) is 10.1. The van der Waals surface area contributed by atoms with Gasteiger partial charge < -0.3 is 26.4 Å². The lowest BCUT2D eigenvalue weighted by Crippen LogP contribution is -2.29. The van der Waals surface area contributed by atoms with Crippen LogP contribution in [-0.4, -0.2) is 50.7 Å². The van der Waals surface area contributed by atoms with Gasteiger partial charge in [0.25, 0.3) is 5.91 Å². The van der Waals surface area contributed by atoms with Crippen molar-refractivity contribution in [1.29, 1.82) is 0 Å². The van der Waals surface area contributed by atoms with E-state index in [0.717, 1.165) is 0 Å². The van der Waals surface area contributed by atoms with Crippen molar-refractivity contribution < 1.29 is 14.3 Å². The zero-order valence-electron chi connectivity index (χ0n) is 11.5. The van der Waals surface area contributed by atoms with Crippen LogP contribution in [0.3, 0.4) is 0 Å². The standard InChI is InChI=1S/C11H19N5O3S/c1-13-7(17)3-4-14-10(18)8-9(12)16-11(20-8)15-5-6-19-2/h3-6,12H2,1-2H3,(H,13,17)(H,14,18)(H,15,16). The predicted molar refractivity (Wildman–Crippen MR) is 77.9 cm³/mol. The van der Waals surface area contributed by atoms with Crippen molar-refractivity contribution in [2.75, 3.05) is 44.9 Å². The van der Waals surface area contributed by atoms with Crippen LogP contribution in [0.1, 0.15) is 16.1 Å². The number of hydrogen-bond donors (Lipinski definition) is 4. The number of rotatable bonds is 8. The lowest BCUT2D eigenvalue weighted by Gasteiger charge is -2.02. The lowest BCUT2D eigenvalue weighted by molar-refractivity contribution is -0.120. The molecule has 1 aromatic rings. The number of methoxy groups -OCH3 is 1. The van der Waals surface area contributed by atoms with Crippen LogP contribution in [0.4, 0.5) is 10.9 Å². The number of carbonyl (C=O) groups excluding carboxylic acids is 2. The zero-order chi connectivity index (χ0) is 15.0. The number of carbonyl (C=O) groups is 2. The van der Waals surface area contributed by atoms with Gasteiger partial charge in [0.05, 0.1) is 6.61 Å². The molecule has 9 heteroatoms. The molecule has 0 saturated heterocycles. The third kappa shape index (κ3) is 5.02. The Morgan fingerprint density at radius 3 is 2.80 bits per heavy atom. The molecule has 0 atom stereocenters. The van der Waals surface area contributed by atoms with Crippen molar-refractivity contribution >= 4 is 34.1 Å². The largest absolute Gasteiger partial charge is 0.383 e. The summed E-state index contributed by atoms with van der Waals surface area (Å²) < 4.78 is 4.90. The molecule has 0 unspecified atom stereocenters. The van der Waals surface area contributed by atoms with Gasteiger partial charge in [-0.25, -0.2) is 4.98 Å². The first-order valence-corrected chi connectivity index (χ1v) is 6.88. The molecular weight excluding hydrogens is 282 g/mol. The smallest absolute Gasteiger partial charge is 0.265 e. The van der Waals surface area contributed by atoms with Crippen LogP contribution in [0.15, 0.2) is 0 Å². The number of anilines is 2. The molecular formula is C11H19N5O3S. The van der Waals surface area contributed by atoms with Gasteiger partial charge in [0.2, 0.25) is 5.91 Å². The van der Waals surface area contributed by atoms with Gasteiger partial charge in [-0.15, -0.1) is 0 Å². The number of thiazole rings is 1. The molecule has 112 valence electrons. The van der Waals surface area contributed by atoms with Crippen LogP contribution in [0, 0.1) is 0 Å². The Morgan fingerprint density at radius 2 is 2.15 bits per heavy atom. The summed E-state index contributed by atoms with van der Waals surface area (Å²) in [7, 11) is 3.15. The Balaban J connectivity index is 2.49. The van der Waals surface area contributed by atoms with Gasteiger partial charge in [0.15, 0.2) is 5.13 Å². The number of nitrogens with one attached hydrogen (secondary N) is 3. The molecule has 0 saturated carbocycles. The summed E-state index contributed by atoms with van der Waals surface area (Å²) in [5.41, 5.74) is 5.69. The van der Waals surface area contributed by atoms with E-state index in [1.54, 1.807) is 14.2 Å². The highest BCUT2D eigenvalue weighted by molar-refractivity contribution is 7.18. The molecule has 0 aliphatic carbocycles. The van der Waals surface area contributed by atoms with Crippen LogP contribution < -0.4 is 21.7 Å². The maximum Gasteiger partial charge on any atom is 0.265 e. The molecule has 0 aromatic carbocycles. The van der Waals surface area contributed by atoms with Gasteiger partial charge in [0.1, 0.15) is 10.7 Å². The quantitative estimate of drug-likeness (QED) is 0.487. The summed E-state index contributed by atoms with van der Waals surface area (Å²) in [6, 6.07) is 0. The minimum Gasteiger partial charge on any atom is -0.383 e. The van der Waals surface area contributed by atoms with Gasteiger partial charge in [-0.3, -0.25) is 9.59 Å². The number of amides is 2. The van der Waals surface area contributed by atoms with E-state index >= 15 is 0 Å². The minimum atomic E-state index is -0.330. The van der Waals surface area contributed by atoms with Crippen molar-refractivity contribution in [3.8, 4) is 0 Å². The first-order valence-electron chi connectivity index (χ1n) is 6.06. The molecule has 0 aliphatic rings. The third-order valence-corrected chi connectivity index (χ3v) is 3.39. The van der Waals surface area contributed by atoms with Crippen molar-refractivity contribution in [3.63, 3.8) is 0 Å². The van der Waals surface area contributed by atoms with Gasteiger partial charge in [-0.05, 0) is 0 Å². The highest BCUT2D eigenvalue weighted by Crippen LogP contribution is 2.24. The molecule has 1 aromatic heterocycles. The molecule has 8 nitrogen and oxygen atoms in total. The summed E-state index contributed by atoms with van der Waals surface area (Å²) in [6.45, 7) is 1.37. The van der Waals surface area contributed by atoms with E-state index in [0.29, 0.717) is 23.2 Å². The lowest BCUT2D eigenvalue weighted by atomic mass is 10.4. The van der Waals surface area contributed by atoms with Crippen molar-refractivity contribution in [2.45, 2.75) is 6.42 Å². The summed E-state index contributed by atoms with van der Waals surface area (Å²) in [5, 5.41) is 8.67. The fourth-order valence-electron chi connectivity index (χ4n) is 1.33. The van der Waals surface area contributed by atoms with Gasteiger partial charge >= 0.3 is 0 Å². The van der Waals surface area contributed by atoms with Crippen LogP contribution in [0.5, 0.6) is 0 Å². The van der Waals surface area contributed by atoms with E-state index in [1.165, 1.54) is 11.3 Å². The van der Waals surface area contributed by atoms with Gasteiger partial charge in [-0.1, -0.05) is 11.3 Å². The van der Waals surface area contributed by atoms with Crippen LogP contribution in [-0.2, 0) is 9.53 Å². The summed E-state index contributed by atoms with van der Waals surface area (Å²) >= 11 is 1.17. The topological polar surface area (TPSA) is 118 Å². The monoisotopic (exact) mass is 301 g/mol. The number of ether oxygens (including phenoxy) is 1. The Kier molecular flexibility index (Phi) is 6.74. The van der Waals surface area contributed by atoms with Gasteiger partial charge in [0, 0.05) is 33.7 Å². The first kappa shape index (κ1) is 16.2. The minimum absolute atomic E-state index is 0.135. The summed E-state index contributed by atoms with van der Waals surface area (Å²) in [6.07, 6.45) is 0.222. The molecule has 1 heterocycles. The Hall–Kier alpha value is -1.87. The maximum absolute atomic E-state index is 11.9. The van der Waals surface area contributed by atoms with Crippen molar-refractivity contribution in [1.82, 2.24) is 15.6 Å². The molecule has 0 fully saturated rings. The maximum atomic E-state index is 11.9. The molecule has 20 heavy (non-hydrogen) atoms. The van der Waals surface area contributed by atoms with Crippen LogP contribution >= 0.6 is 11.3 Å². The SMILES string of the molecule is CNC(=O)CCNC(=O)c1sc(NCCOC)nc1N. The van der Waals surface area contributed by atoms with Crippen LogP contribution in [0.2, 0.25) is 0 Å². The average Bonchev–Trinajstić information content (AvgIpc) is 2.80. The Bertz CT molecular complexity index is 463. The predicted octanol–water partition coefficient (Wildman–Crippen LogP) is -0.350. The summed E-state index contributed by atoms with van der Waals surface area (Å²) in [5.74, 6) is -0.291. The molecule has 5 N–H and O–H groups in total. The van der Waals surface area contributed by atoms with E-state index in [2.05, 4.69) is 20.9 Å². The fraction of sp³-hybridized carbons (Fsp3) is 0.545. The highest BCUT2D eigenvalue weighted by atomic mass is 32.1. The average molecular weight is 301 g/mol. The van der Waals surface area contributed by atoms with Crippen LogP contribution in [0.25, 0.3) is 0 Å². The molecule has 1 rings (SSSR count). The van der Waals surface area contributed by atoms with E-state index in [4.69, 9.17) is 10.5 Å². The van der Waals surface area contributed by atoms with E-state index in [9.17, 15) is 9.59 Å². The molecule has 2 amide bonds. The number of nitrogens with zero attached hydrogens (tertiary/aromatic N) is 1. The van der Waals surface area contributed by atoms with E-state index in [-0.39, 0.29) is 30.6 Å².